The third kappa shape index (κ3) is 3.71. The maximum atomic E-state index is 11.5. The Morgan fingerprint density at radius 1 is 1.28 bits per heavy atom. The Bertz CT molecular complexity index is 523. The number of benzene rings is 1. The highest BCUT2D eigenvalue weighted by atomic mass is 32.2. The molecule has 0 saturated carbocycles. The molecule has 1 aromatic rings. The van der Waals surface area contributed by atoms with Crippen molar-refractivity contribution in [2.75, 3.05) is 14.1 Å². The molecule has 100 valence electrons. The molecule has 6 nitrogen and oxygen atoms in total. The van der Waals surface area contributed by atoms with Crippen LogP contribution in [-0.2, 0) is 10.0 Å². The van der Waals surface area contributed by atoms with Crippen molar-refractivity contribution in [3.05, 3.63) is 29.8 Å². The summed E-state index contributed by atoms with van der Waals surface area (Å²) in [5, 5.41) is 7.76. The zero-order chi connectivity index (χ0) is 13.9. The first-order valence-electron chi connectivity index (χ1n) is 5.32. The van der Waals surface area contributed by atoms with Crippen molar-refractivity contribution in [2.24, 2.45) is 5.14 Å². The number of primary sulfonamides is 1. The summed E-state index contributed by atoms with van der Waals surface area (Å²) in [5.41, 5.74) is 0.803. The minimum Gasteiger partial charge on any atom is -0.331 e. The number of nitrogens with one attached hydrogen (secondary N) is 1. The number of hydrogen-bond donors (Lipinski definition) is 2. The molecule has 0 bridgehead atoms. The average Bonchev–Trinajstić information content (AvgIpc) is 2.27. The van der Waals surface area contributed by atoms with E-state index in [0.717, 1.165) is 5.56 Å². The van der Waals surface area contributed by atoms with Crippen LogP contribution in [0.15, 0.2) is 29.2 Å². The van der Waals surface area contributed by atoms with Crippen molar-refractivity contribution in [2.45, 2.75) is 17.9 Å². The monoisotopic (exact) mass is 271 g/mol. The molecule has 0 heterocycles. The predicted octanol–water partition coefficient (Wildman–Crippen LogP) is 0.666. The fourth-order valence-electron chi connectivity index (χ4n) is 1.34. The van der Waals surface area contributed by atoms with E-state index in [1.807, 2.05) is 6.92 Å². The molecule has 1 unspecified atom stereocenters. The Balaban J connectivity index is 2.83. The van der Waals surface area contributed by atoms with Crippen LogP contribution >= 0.6 is 0 Å². The van der Waals surface area contributed by atoms with Crippen molar-refractivity contribution in [1.29, 1.82) is 0 Å². The summed E-state index contributed by atoms with van der Waals surface area (Å²) in [6, 6.07) is 5.67. The van der Waals surface area contributed by atoms with Crippen LogP contribution in [0.5, 0.6) is 0 Å². The van der Waals surface area contributed by atoms with E-state index in [1.165, 1.54) is 17.0 Å². The normalized spacial score (nSPS) is 12.9. The standard InChI is InChI=1S/C11H17N3O3S/c1-8(13-11(15)14(2)3)9-4-6-10(7-5-9)18(12,16)17/h4-8H,1-3H3,(H,13,15)(H2,12,16,17). The molecule has 0 aliphatic carbocycles. The number of amides is 2. The van der Waals surface area contributed by atoms with Crippen molar-refractivity contribution < 1.29 is 13.2 Å². The van der Waals surface area contributed by atoms with E-state index >= 15 is 0 Å². The summed E-state index contributed by atoms with van der Waals surface area (Å²) >= 11 is 0. The fraction of sp³-hybridized carbons (Fsp3) is 0.364. The average molecular weight is 271 g/mol. The molecule has 7 heteroatoms. The minimum absolute atomic E-state index is 0.0531. The van der Waals surface area contributed by atoms with Gasteiger partial charge in [-0.1, -0.05) is 12.1 Å². The lowest BCUT2D eigenvalue weighted by atomic mass is 10.1. The van der Waals surface area contributed by atoms with Crippen LogP contribution in [0.3, 0.4) is 0 Å². The molecule has 1 aromatic carbocycles. The lowest BCUT2D eigenvalue weighted by Crippen LogP contribution is -2.36. The molecule has 0 fully saturated rings. The first-order chi connectivity index (χ1) is 8.21. The molecule has 0 radical (unpaired) electrons. The number of urea groups is 1. The summed E-state index contributed by atoms with van der Waals surface area (Å²) in [4.78, 5) is 12.9. The Labute approximate surface area is 107 Å². The number of carbonyl (C=O) groups excluding carboxylic acids is 1. The number of nitrogens with two attached hydrogens (primary N) is 1. The molecule has 0 saturated heterocycles. The van der Waals surface area contributed by atoms with E-state index in [2.05, 4.69) is 5.32 Å². The maximum absolute atomic E-state index is 11.5. The van der Waals surface area contributed by atoms with Gasteiger partial charge in [0.15, 0.2) is 0 Å². The van der Waals surface area contributed by atoms with Gasteiger partial charge >= 0.3 is 6.03 Å². The van der Waals surface area contributed by atoms with E-state index in [4.69, 9.17) is 5.14 Å². The lowest BCUT2D eigenvalue weighted by Gasteiger charge is -2.18. The van der Waals surface area contributed by atoms with Gasteiger partial charge in [0.1, 0.15) is 0 Å². The van der Waals surface area contributed by atoms with Crippen molar-refractivity contribution in [1.82, 2.24) is 10.2 Å². The van der Waals surface area contributed by atoms with Crippen LogP contribution in [0.2, 0.25) is 0 Å². The number of hydrogen-bond acceptors (Lipinski definition) is 3. The summed E-state index contributed by atoms with van der Waals surface area (Å²) in [6.45, 7) is 1.81. The molecular weight excluding hydrogens is 254 g/mol. The second-order valence-electron chi connectivity index (χ2n) is 4.18. The molecule has 1 atom stereocenters. The smallest absolute Gasteiger partial charge is 0.317 e. The SMILES string of the molecule is CC(NC(=O)N(C)C)c1ccc(S(N)(=O)=O)cc1. The molecule has 0 aromatic heterocycles. The van der Waals surface area contributed by atoms with Gasteiger partial charge in [-0.2, -0.15) is 0 Å². The molecule has 0 aliphatic rings. The van der Waals surface area contributed by atoms with Gasteiger partial charge in [-0.15, -0.1) is 0 Å². The van der Waals surface area contributed by atoms with Crippen molar-refractivity contribution in [3.8, 4) is 0 Å². The highest BCUT2D eigenvalue weighted by Crippen LogP contribution is 2.15. The quantitative estimate of drug-likeness (QED) is 0.846. The third-order valence-electron chi connectivity index (χ3n) is 2.45. The largest absolute Gasteiger partial charge is 0.331 e. The van der Waals surface area contributed by atoms with E-state index < -0.39 is 10.0 Å². The Kier molecular flexibility index (Phi) is 4.31. The number of rotatable bonds is 3. The topological polar surface area (TPSA) is 92.5 Å². The summed E-state index contributed by atoms with van der Waals surface area (Å²) in [7, 11) is -0.387. The van der Waals surface area contributed by atoms with Gasteiger partial charge in [-0.3, -0.25) is 0 Å². The van der Waals surface area contributed by atoms with E-state index in [9.17, 15) is 13.2 Å². The van der Waals surface area contributed by atoms with Crippen LogP contribution in [0, 0.1) is 0 Å². The van der Waals surface area contributed by atoms with Crippen LogP contribution in [-0.4, -0.2) is 33.4 Å². The van der Waals surface area contributed by atoms with Gasteiger partial charge < -0.3 is 10.2 Å². The van der Waals surface area contributed by atoms with E-state index in [1.54, 1.807) is 26.2 Å². The lowest BCUT2D eigenvalue weighted by molar-refractivity contribution is 0.214. The molecular formula is C11H17N3O3S. The molecule has 0 aliphatic heterocycles. The molecule has 0 spiro atoms. The Morgan fingerprint density at radius 3 is 2.17 bits per heavy atom. The number of carbonyl (C=O) groups is 1. The van der Waals surface area contributed by atoms with E-state index in [-0.39, 0.29) is 17.0 Å². The highest BCUT2D eigenvalue weighted by molar-refractivity contribution is 7.89. The highest BCUT2D eigenvalue weighted by Gasteiger charge is 2.12. The molecule has 1 rings (SSSR count). The van der Waals surface area contributed by atoms with Gasteiger partial charge in [0.25, 0.3) is 0 Å². The first kappa shape index (κ1) is 14.5. The molecule has 3 N–H and O–H groups in total. The zero-order valence-electron chi connectivity index (χ0n) is 10.5. The van der Waals surface area contributed by atoms with Crippen molar-refractivity contribution >= 4 is 16.1 Å². The van der Waals surface area contributed by atoms with Crippen molar-refractivity contribution in [3.63, 3.8) is 0 Å². The Hall–Kier alpha value is -1.60. The van der Waals surface area contributed by atoms with Crippen LogP contribution < -0.4 is 10.5 Å². The van der Waals surface area contributed by atoms with Gasteiger partial charge in [0, 0.05) is 14.1 Å². The predicted molar refractivity (Wildman–Crippen MR) is 68.4 cm³/mol. The van der Waals surface area contributed by atoms with Crippen LogP contribution in [0.1, 0.15) is 18.5 Å². The summed E-state index contributed by atoms with van der Waals surface area (Å²) in [6.07, 6.45) is 0. The Morgan fingerprint density at radius 2 is 1.78 bits per heavy atom. The van der Waals surface area contributed by atoms with E-state index in [0.29, 0.717) is 0 Å². The van der Waals surface area contributed by atoms with Gasteiger partial charge in [-0.25, -0.2) is 18.4 Å². The molecule has 2 amide bonds. The fourth-order valence-corrected chi connectivity index (χ4v) is 1.86. The van der Waals surface area contributed by atoms with Crippen LogP contribution in [0.25, 0.3) is 0 Å². The summed E-state index contributed by atoms with van der Waals surface area (Å²) < 4.78 is 22.2. The zero-order valence-corrected chi connectivity index (χ0v) is 11.4. The molecule has 18 heavy (non-hydrogen) atoms. The second-order valence-corrected chi connectivity index (χ2v) is 5.74. The van der Waals surface area contributed by atoms with Crippen LogP contribution in [0.4, 0.5) is 4.79 Å². The minimum atomic E-state index is -3.68. The van der Waals surface area contributed by atoms with Gasteiger partial charge in [-0.05, 0) is 24.6 Å². The summed E-state index contributed by atoms with van der Waals surface area (Å²) in [5.74, 6) is 0. The van der Waals surface area contributed by atoms with Gasteiger partial charge in [0.05, 0.1) is 10.9 Å². The second kappa shape index (κ2) is 5.36. The first-order valence-corrected chi connectivity index (χ1v) is 6.87. The van der Waals surface area contributed by atoms with Gasteiger partial charge in [0.2, 0.25) is 10.0 Å². The number of nitrogens with zero attached hydrogens (tertiary/aromatic N) is 1. The maximum Gasteiger partial charge on any atom is 0.317 e. The number of sulfonamides is 1. The third-order valence-corrected chi connectivity index (χ3v) is 3.38.